The van der Waals surface area contributed by atoms with E-state index in [4.69, 9.17) is 0 Å². The molecule has 0 aromatic carbocycles. The maximum atomic E-state index is 9.34. The van der Waals surface area contributed by atoms with Gasteiger partial charge >= 0.3 is 0 Å². The highest BCUT2D eigenvalue weighted by Gasteiger charge is 2.23. The van der Waals surface area contributed by atoms with Gasteiger partial charge in [0.05, 0.1) is 6.61 Å². The van der Waals surface area contributed by atoms with E-state index in [2.05, 4.69) is 28.9 Å². The van der Waals surface area contributed by atoms with Crippen LogP contribution in [0.1, 0.15) is 18.4 Å². The molecule has 1 N–H and O–H groups in total. The molecule has 0 saturated carbocycles. The van der Waals surface area contributed by atoms with Crippen LogP contribution in [-0.4, -0.2) is 48.2 Å². The Labute approximate surface area is 103 Å². The second-order valence-electron chi connectivity index (χ2n) is 4.81. The van der Waals surface area contributed by atoms with Gasteiger partial charge in [0.15, 0.2) is 0 Å². The summed E-state index contributed by atoms with van der Waals surface area (Å²) in [5.74, 6) is 0.912. The van der Waals surface area contributed by atoms with E-state index in [0.29, 0.717) is 6.04 Å². The molecule has 1 aromatic heterocycles. The summed E-state index contributed by atoms with van der Waals surface area (Å²) in [6, 6.07) is 4.30. The third kappa shape index (κ3) is 2.76. The fourth-order valence-electron chi connectivity index (χ4n) is 2.50. The molecular formula is C13H21N3O. The first-order chi connectivity index (χ1) is 8.22. The van der Waals surface area contributed by atoms with Crippen LogP contribution in [0.2, 0.25) is 0 Å². The molecule has 0 amide bonds. The van der Waals surface area contributed by atoms with Gasteiger partial charge in [0.1, 0.15) is 5.82 Å². The predicted molar refractivity (Wildman–Crippen MR) is 69.1 cm³/mol. The van der Waals surface area contributed by atoms with Gasteiger partial charge in [0, 0.05) is 31.4 Å². The van der Waals surface area contributed by atoms with E-state index in [1.165, 1.54) is 19.4 Å². The van der Waals surface area contributed by atoms with Gasteiger partial charge in [-0.3, -0.25) is 0 Å². The molecule has 4 nitrogen and oxygen atoms in total. The minimum Gasteiger partial charge on any atom is -0.392 e. The van der Waals surface area contributed by atoms with Crippen molar-refractivity contribution in [3.05, 3.63) is 23.9 Å². The number of rotatable bonds is 3. The van der Waals surface area contributed by atoms with Crippen LogP contribution >= 0.6 is 0 Å². The van der Waals surface area contributed by atoms with Crippen LogP contribution in [-0.2, 0) is 6.61 Å². The number of likely N-dealkylation sites (tertiary alicyclic amines) is 1. The standard InChI is InChI=1S/C13H21N3O/c1-15-8-4-6-12(9-15)16(2)13-11(10-17)5-3-7-14-13/h3,5,7,12,17H,4,6,8-10H2,1-2H3. The van der Waals surface area contributed by atoms with Gasteiger partial charge < -0.3 is 14.9 Å². The summed E-state index contributed by atoms with van der Waals surface area (Å²) in [5, 5.41) is 9.34. The summed E-state index contributed by atoms with van der Waals surface area (Å²) in [4.78, 5) is 8.96. The first kappa shape index (κ1) is 12.3. The normalized spacial score (nSPS) is 21.5. The Balaban J connectivity index is 2.15. The molecule has 1 aliphatic rings. The zero-order valence-electron chi connectivity index (χ0n) is 10.6. The molecule has 17 heavy (non-hydrogen) atoms. The van der Waals surface area contributed by atoms with Crippen molar-refractivity contribution in [3.8, 4) is 0 Å². The summed E-state index contributed by atoms with van der Waals surface area (Å²) in [5.41, 5.74) is 0.906. The third-order valence-corrected chi connectivity index (χ3v) is 3.52. The van der Waals surface area contributed by atoms with Crippen molar-refractivity contribution >= 4 is 5.82 Å². The molecule has 4 heteroatoms. The number of aromatic nitrogens is 1. The van der Waals surface area contributed by atoms with Gasteiger partial charge in [0.2, 0.25) is 0 Å². The molecule has 0 aliphatic carbocycles. The van der Waals surface area contributed by atoms with Gasteiger partial charge in [-0.15, -0.1) is 0 Å². The van der Waals surface area contributed by atoms with Crippen LogP contribution < -0.4 is 4.90 Å². The molecule has 0 bridgehead atoms. The number of aliphatic hydroxyl groups is 1. The summed E-state index contributed by atoms with van der Waals surface area (Å²) in [6.45, 7) is 2.30. The van der Waals surface area contributed by atoms with Gasteiger partial charge in [-0.1, -0.05) is 6.07 Å². The van der Waals surface area contributed by atoms with Crippen LogP contribution in [0, 0.1) is 0 Å². The predicted octanol–water partition coefficient (Wildman–Crippen LogP) is 1.10. The molecule has 2 heterocycles. The van der Waals surface area contributed by atoms with Crippen molar-refractivity contribution < 1.29 is 5.11 Å². The van der Waals surface area contributed by atoms with Crippen molar-refractivity contribution in [2.75, 3.05) is 32.1 Å². The SMILES string of the molecule is CN1CCCC(N(C)c2ncccc2CO)C1. The first-order valence-corrected chi connectivity index (χ1v) is 6.18. The van der Waals surface area contributed by atoms with Crippen molar-refractivity contribution in [2.24, 2.45) is 0 Å². The zero-order valence-corrected chi connectivity index (χ0v) is 10.6. The maximum absolute atomic E-state index is 9.34. The van der Waals surface area contributed by atoms with E-state index in [-0.39, 0.29) is 6.61 Å². The fraction of sp³-hybridized carbons (Fsp3) is 0.615. The van der Waals surface area contributed by atoms with Gasteiger partial charge in [-0.25, -0.2) is 4.98 Å². The van der Waals surface area contributed by atoms with Gasteiger partial charge in [-0.05, 0) is 32.5 Å². The van der Waals surface area contributed by atoms with Gasteiger partial charge in [-0.2, -0.15) is 0 Å². The Morgan fingerprint density at radius 3 is 3.12 bits per heavy atom. The Bertz CT molecular complexity index is 369. The van der Waals surface area contributed by atoms with Crippen LogP contribution in [0.4, 0.5) is 5.82 Å². The minimum absolute atomic E-state index is 0.0517. The van der Waals surface area contributed by atoms with E-state index in [9.17, 15) is 5.11 Å². The second-order valence-corrected chi connectivity index (χ2v) is 4.81. The van der Waals surface area contributed by atoms with Crippen LogP contribution in [0.3, 0.4) is 0 Å². The molecule has 2 rings (SSSR count). The smallest absolute Gasteiger partial charge is 0.134 e. The van der Waals surface area contributed by atoms with E-state index in [1.807, 2.05) is 12.1 Å². The molecule has 1 fully saturated rings. The molecular weight excluding hydrogens is 214 g/mol. The maximum Gasteiger partial charge on any atom is 0.134 e. The Hall–Kier alpha value is -1.13. The number of anilines is 1. The number of nitrogens with zero attached hydrogens (tertiary/aromatic N) is 3. The number of hydrogen-bond acceptors (Lipinski definition) is 4. The first-order valence-electron chi connectivity index (χ1n) is 6.18. The van der Waals surface area contributed by atoms with Crippen molar-refractivity contribution in [1.82, 2.24) is 9.88 Å². The zero-order chi connectivity index (χ0) is 12.3. The average Bonchev–Trinajstić information content (AvgIpc) is 2.38. The third-order valence-electron chi connectivity index (χ3n) is 3.52. The van der Waals surface area contributed by atoms with E-state index in [0.717, 1.165) is 17.9 Å². The molecule has 0 spiro atoms. The fourth-order valence-corrected chi connectivity index (χ4v) is 2.50. The summed E-state index contributed by atoms with van der Waals surface area (Å²) in [7, 11) is 4.23. The monoisotopic (exact) mass is 235 g/mol. The number of aliphatic hydroxyl groups excluding tert-OH is 1. The molecule has 1 saturated heterocycles. The highest BCUT2D eigenvalue weighted by molar-refractivity contribution is 5.46. The molecule has 1 aromatic rings. The number of piperidine rings is 1. The number of pyridine rings is 1. The van der Waals surface area contributed by atoms with Crippen molar-refractivity contribution in [1.29, 1.82) is 0 Å². The molecule has 1 aliphatic heterocycles. The lowest BCUT2D eigenvalue weighted by Gasteiger charge is -2.37. The van der Waals surface area contributed by atoms with E-state index in [1.54, 1.807) is 6.20 Å². The summed E-state index contributed by atoms with van der Waals surface area (Å²) in [6.07, 6.45) is 4.21. The topological polar surface area (TPSA) is 39.6 Å². The Morgan fingerprint density at radius 2 is 2.41 bits per heavy atom. The Morgan fingerprint density at radius 1 is 1.59 bits per heavy atom. The second kappa shape index (κ2) is 5.47. The highest BCUT2D eigenvalue weighted by Crippen LogP contribution is 2.22. The van der Waals surface area contributed by atoms with Crippen molar-refractivity contribution in [2.45, 2.75) is 25.5 Å². The molecule has 1 atom stereocenters. The quantitative estimate of drug-likeness (QED) is 0.852. The number of likely N-dealkylation sites (N-methyl/N-ethyl adjacent to an activating group) is 2. The largest absolute Gasteiger partial charge is 0.392 e. The lowest BCUT2D eigenvalue weighted by atomic mass is 10.0. The molecule has 94 valence electrons. The van der Waals surface area contributed by atoms with E-state index >= 15 is 0 Å². The van der Waals surface area contributed by atoms with Crippen LogP contribution in [0.25, 0.3) is 0 Å². The summed E-state index contributed by atoms with van der Waals surface area (Å²) < 4.78 is 0. The van der Waals surface area contributed by atoms with E-state index < -0.39 is 0 Å². The van der Waals surface area contributed by atoms with Crippen molar-refractivity contribution in [3.63, 3.8) is 0 Å². The summed E-state index contributed by atoms with van der Waals surface area (Å²) >= 11 is 0. The minimum atomic E-state index is 0.0517. The number of hydrogen-bond donors (Lipinski definition) is 1. The molecule has 0 radical (unpaired) electrons. The lowest BCUT2D eigenvalue weighted by Crippen LogP contribution is -2.45. The highest BCUT2D eigenvalue weighted by atomic mass is 16.3. The Kier molecular flexibility index (Phi) is 3.97. The molecule has 1 unspecified atom stereocenters. The average molecular weight is 235 g/mol. The van der Waals surface area contributed by atoms with Crippen LogP contribution in [0.5, 0.6) is 0 Å². The lowest BCUT2D eigenvalue weighted by molar-refractivity contribution is 0.246. The van der Waals surface area contributed by atoms with Crippen LogP contribution in [0.15, 0.2) is 18.3 Å². The van der Waals surface area contributed by atoms with Gasteiger partial charge in [0.25, 0.3) is 0 Å².